The van der Waals surface area contributed by atoms with Gasteiger partial charge in [0.25, 0.3) is 0 Å². The van der Waals surface area contributed by atoms with Crippen molar-refractivity contribution in [1.29, 1.82) is 0 Å². The van der Waals surface area contributed by atoms with Crippen LogP contribution in [0.1, 0.15) is 33.6 Å². The summed E-state index contributed by atoms with van der Waals surface area (Å²) in [6.45, 7) is 6.58. The van der Waals surface area contributed by atoms with E-state index < -0.39 is 0 Å². The van der Waals surface area contributed by atoms with Crippen molar-refractivity contribution in [3.63, 3.8) is 0 Å². The SMILES string of the molecule is CNO[NH+]([O-])C1CC(C)CC1C(C)C. The van der Waals surface area contributed by atoms with Gasteiger partial charge in [0.2, 0.25) is 0 Å². The molecule has 4 unspecified atom stereocenters. The lowest BCUT2D eigenvalue weighted by atomic mass is 9.91. The Balaban J connectivity index is 2.56. The fourth-order valence-corrected chi connectivity index (χ4v) is 2.52. The molecule has 1 rings (SSSR count). The molecule has 84 valence electrons. The van der Waals surface area contributed by atoms with E-state index >= 15 is 0 Å². The molecule has 0 saturated heterocycles. The minimum Gasteiger partial charge on any atom is -0.598 e. The summed E-state index contributed by atoms with van der Waals surface area (Å²) >= 11 is 0. The van der Waals surface area contributed by atoms with Crippen LogP contribution in [0.25, 0.3) is 0 Å². The van der Waals surface area contributed by atoms with E-state index in [0.717, 1.165) is 12.8 Å². The lowest BCUT2D eigenvalue weighted by molar-refractivity contribution is -1.08. The van der Waals surface area contributed by atoms with E-state index in [-0.39, 0.29) is 11.3 Å². The van der Waals surface area contributed by atoms with Gasteiger partial charge in [0, 0.05) is 19.4 Å². The molecule has 0 spiro atoms. The van der Waals surface area contributed by atoms with Crippen LogP contribution in [-0.4, -0.2) is 13.1 Å². The van der Waals surface area contributed by atoms with Crippen LogP contribution in [0.15, 0.2) is 0 Å². The van der Waals surface area contributed by atoms with Gasteiger partial charge < -0.3 is 5.21 Å². The first-order valence-corrected chi connectivity index (χ1v) is 5.43. The monoisotopic (exact) mass is 202 g/mol. The third kappa shape index (κ3) is 2.67. The first kappa shape index (κ1) is 11.9. The number of rotatable bonds is 4. The molecule has 1 aliphatic carbocycles. The molecule has 4 nitrogen and oxygen atoms in total. The van der Waals surface area contributed by atoms with Crippen molar-refractivity contribution in [1.82, 2.24) is 5.48 Å². The molecule has 0 aromatic heterocycles. The highest BCUT2D eigenvalue weighted by Gasteiger charge is 2.39. The van der Waals surface area contributed by atoms with Gasteiger partial charge in [0.05, 0.1) is 0 Å². The average Bonchev–Trinajstić information content (AvgIpc) is 2.48. The molecule has 1 fully saturated rings. The molecule has 4 heteroatoms. The highest BCUT2D eigenvalue weighted by atomic mass is 17.0. The van der Waals surface area contributed by atoms with Gasteiger partial charge in [-0.15, -0.1) is 4.94 Å². The molecular formula is C10H22N2O2. The number of hydrogen-bond donors (Lipinski definition) is 2. The van der Waals surface area contributed by atoms with Crippen molar-refractivity contribution in [2.24, 2.45) is 17.8 Å². The van der Waals surface area contributed by atoms with E-state index in [1.807, 2.05) is 0 Å². The Morgan fingerprint density at radius 1 is 1.43 bits per heavy atom. The summed E-state index contributed by atoms with van der Waals surface area (Å²) in [5.74, 6) is 1.71. The summed E-state index contributed by atoms with van der Waals surface area (Å²) < 4.78 is 0. The zero-order valence-electron chi connectivity index (χ0n) is 9.54. The van der Waals surface area contributed by atoms with E-state index in [4.69, 9.17) is 4.94 Å². The molecule has 1 aliphatic rings. The number of hydrogen-bond acceptors (Lipinski definition) is 3. The normalized spacial score (nSPS) is 35.1. The van der Waals surface area contributed by atoms with E-state index in [1.165, 1.54) is 0 Å². The molecule has 2 N–H and O–H groups in total. The first-order chi connectivity index (χ1) is 6.56. The molecule has 0 aliphatic heterocycles. The van der Waals surface area contributed by atoms with Gasteiger partial charge in [-0.05, 0) is 18.3 Å². The van der Waals surface area contributed by atoms with Crippen molar-refractivity contribution in [3.8, 4) is 0 Å². The molecule has 0 amide bonds. The average molecular weight is 202 g/mol. The highest BCUT2D eigenvalue weighted by Crippen LogP contribution is 2.34. The van der Waals surface area contributed by atoms with Gasteiger partial charge in [-0.1, -0.05) is 20.8 Å². The Hall–Kier alpha value is -0.160. The van der Waals surface area contributed by atoms with Crippen molar-refractivity contribution >= 4 is 0 Å². The predicted octanol–water partition coefficient (Wildman–Crippen LogP) is 0.506. The predicted molar refractivity (Wildman–Crippen MR) is 55.0 cm³/mol. The van der Waals surface area contributed by atoms with Crippen LogP contribution < -0.4 is 10.7 Å². The van der Waals surface area contributed by atoms with Crippen molar-refractivity contribution < 1.29 is 10.2 Å². The molecular weight excluding hydrogens is 180 g/mol. The lowest BCUT2D eigenvalue weighted by Gasteiger charge is -2.30. The first-order valence-electron chi connectivity index (χ1n) is 5.43. The van der Waals surface area contributed by atoms with Crippen LogP contribution in [0.4, 0.5) is 0 Å². The summed E-state index contributed by atoms with van der Waals surface area (Å²) in [6.07, 6.45) is 2.13. The molecule has 14 heavy (non-hydrogen) atoms. The summed E-state index contributed by atoms with van der Waals surface area (Å²) in [5, 5.41) is 11.5. The van der Waals surface area contributed by atoms with E-state index in [0.29, 0.717) is 17.8 Å². The maximum Gasteiger partial charge on any atom is 0.122 e. The molecule has 0 radical (unpaired) electrons. The second-order valence-electron chi connectivity index (χ2n) is 4.72. The molecule has 0 heterocycles. The number of quaternary nitrogens is 1. The van der Waals surface area contributed by atoms with Gasteiger partial charge in [0.1, 0.15) is 6.04 Å². The van der Waals surface area contributed by atoms with E-state index in [1.54, 1.807) is 7.05 Å². The number of hydroxylamine groups is 3. The Kier molecular flexibility index (Phi) is 4.31. The van der Waals surface area contributed by atoms with Crippen LogP contribution >= 0.6 is 0 Å². The van der Waals surface area contributed by atoms with Gasteiger partial charge in [0.15, 0.2) is 0 Å². The number of nitrogens with one attached hydrogen (secondary N) is 2. The summed E-state index contributed by atoms with van der Waals surface area (Å²) in [7, 11) is 1.63. The third-order valence-corrected chi connectivity index (χ3v) is 3.21. The maximum atomic E-state index is 11.6. The highest BCUT2D eigenvalue weighted by molar-refractivity contribution is 4.82. The van der Waals surface area contributed by atoms with Gasteiger partial charge >= 0.3 is 0 Å². The Labute approximate surface area is 86.1 Å². The fraction of sp³-hybridized carbons (Fsp3) is 1.00. The van der Waals surface area contributed by atoms with Crippen LogP contribution in [0.2, 0.25) is 0 Å². The summed E-state index contributed by atoms with van der Waals surface area (Å²) in [6, 6.07) is 0.0949. The quantitative estimate of drug-likeness (QED) is 0.653. The van der Waals surface area contributed by atoms with E-state index in [9.17, 15) is 5.21 Å². The second kappa shape index (κ2) is 5.07. The summed E-state index contributed by atoms with van der Waals surface area (Å²) in [5.41, 5.74) is 2.47. The van der Waals surface area contributed by atoms with Crippen molar-refractivity contribution in [2.75, 3.05) is 7.05 Å². The topological polar surface area (TPSA) is 48.8 Å². The maximum absolute atomic E-state index is 11.6. The van der Waals surface area contributed by atoms with Crippen LogP contribution in [0.3, 0.4) is 0 Å². The minimum absolute atomic E-state index is 0.0875. The van der Waals surface area contributed by atoms with Gasteiger partial charge in [-0.2, -0.15) is 5.48 Å². The van der Waals surface area contributed by atoms with Crippen LogP contribution in [0, 0.1) is 23.0 Å². The van der Waals surface area contributed by atoms with Gasteiger partial charge in [-0.25, -0.2) is 5.23 Å². The zero-order valence-corrected chi connectivity index (χ0v) is 9.54. The smallest absolute Gasteiger partial charge is 0.122 e. The van der Waals surface area contributed by atoms with Crippen molar-refractivity contribution in [3.05, 3.63) is 5.21 Å². The Morgan fingerprint density at radius 3 is 2.57 bits per heavy atom. The lowest BCUT2D eigenvalue weighted by Crippen LogP contribution is -3.12. The van der Waals surface area contributed by atoms with Gasteiger partial charge in [-0.3, -0.25) is 0 Å². The summed E-state index contributed by atoms with van der Waals surface area (Å²) in [4.78, 5) is 4.87. The standard InChI is InChI=1S/C10H22N2O2/c1-7(2)9-5-8(3)6-10(9)12(13)14-11-4/h7-12H,5-6H2,1-4H3. The van der Waals surface area contributed by atoms with E-state index in [2.05, 4.69) is 26.3 Å². The fourth-order valence-electron chi connectivity index (χ4n) is 2.52. The molecule has 0 aromatic rings. The Morgan fingerprint density at radius 2 is 2.07 bits per heavy atom. The molecule has 0 bridgehead atoms. The minimum atomic E-state index is -0.0875. The zero-order chi connectivity index (χ0) is 10.7. The van der Waals surface area contributed by atoms with Crippen LogP contribution in [0.5, 0.6) is 0 Å². The Bertz CT molecular complexity index is 176. The third-order valence-electron chi connectivity index (χ3n) is 3.21. The van der Waals surface area contributed by atoms with Crippen molar-refractivity contribution in [2.45, 2.75) is 39.7 Å². The molecule has 1 saturated carbocycles. The largest absolute Gasteiger partial charge is 0.598 e. The van der Waals surface area contributed by atoms with Crippen LogP contribution in [-0.2, 0) is 4.94 Å². The second-order valence-corrected chi connectivity index (χ2v) is 4.72. The molecule has 4 atom stereocenters. The molecule has 0 aromatic carbocycles.